The van der Waals surface area contributed by atoms with E-state index in [9.17, 15) is 4.79 Å². The summed E-state index contributed by atoms with van der Waals surface area (Å²) in [7, 11) is 0. The Hall–Kier alpha value is -1.21. The number of nitrogens with one attached hydrogen (secondary N) is 1. The van der Waals surface area contributed by atoms with Crippen LogP contribution in [-0.2, 0) is 4.74 Å². The first-order chi connectivity index (χ1) is 7.61. The predicted molar refractivity (Wildman–Crippen MR) is 66.9 cm³/mol. The lowest BCUT2D eigenvalue weighted by Gasteiger charge is -1.99. The summed E-state index contributed by atoms with van der Waals surface area (Å²) in [5, 5.41) is 0.617. The Bertz CT molecular complexity index is 452. The molecule has 0 bridgehead atoms. The van der Waals surface area contributed by atoms with Crippen molar-refractivity contribution in [2.75, 3.05) is 11.9 Å². The number of carbonyl (C=O) groups is 1. The van der Waals surface area contributed by atoms with Gasteiger partial charge in [-0.15, -0.1) is 0 Å². The summed E-state index contributed by atoms with van der Waals surface area (Å²) in [6, 6.07) is 0. The number of aromatic nitrogens is 1. The van der Waals surface area contributed by atoms with Crippen molar-refractivity contribution in [3.8, 4) is 11.8 Å². The average Bonchev–Trinajstić information content (AvgIpc) is 2.53. The number of aryl methyl sites for hydroxylation is 1. The number of alkyl halides is 1. The van der Waals surface area contributed by atoms with Gasteiger partial charge in [0.15, 0.2) is 0 Å². The fraction of sp³-hybridized carbons (Fsp3) is 0.417. The van der Waals surface area contributed by atoms with Crippen LogP contribution >= 0.6 is 15.9 Å². The largest absolute Gasteiger partial charge is 0.461 e. The van der Waals surface area contributed by atoms with Gasteiger partial charge in [0.1, 0.15) is 5.69 Å². The lowest BCUT2D eigenvalue weighted by atomic mass is 10.1. The van der Waals surface area contributed by atoms with E-state index >= 15 is 0 Å². The van der Waals surface area contributed by atoms with E-state index in [0.29, 0.717) is 17.6 Å². The molecule has 0 fully saturated rings. The van der Waals surface area contributed by atoms with Gasteiger partial charge in [-0.1, -0.05) is 27.8 Å². The summed E-state index contributed by atoms with van der Waals surface area (Å²) >= 11 is 3.24. The summed E-state index contributed by atoms with van der Waals surface area (Å²) in [5.41, 5.74) is 3.12. The fourth-order valence-electron chi connectivity index (χ4n) is 1.47. The van der Waals surface area contributed by atoms with Gasteiger partial charge in [-0.3, -0.25) is 0 Å². The highest BCUT2D eigenvalue weighted by Gasteiger charge is 2.16. The molecule has 1 N–H and O–H groups in total. The Morgan fingerprint density at radius 2 is 2.19 bits per heavy atom. The first-order valence-electron chi connectivity index (χ1n) is 5.02. The summed E-state index contributed by atoms with van der Waals surface area (Å²) in [6.07, 6.45) is 0. The van der Waals surface area contributed by atoms with Crippen LogP contribution in [0.25, 0.3) is 0 Å². The summed E-state index contributed by atoms with van der Waals surface area (Å²) < 4.78 is 4.95. The van der Waals surface area contributed by atoms with Crippen LogP contribution in [0.1, 0.15) is 34.2 Å². The van der Waals surface area contributed by atoms with Gasteiger partial charge >= 0.3 is 5.97 Å². The van der Waals surface area contributed by atoms with E-state index in [0.717, 1.165) is 16.8 Å². The topological polar surface area (TPSA) is 42.1 Å². The lowest BCUT2D eigenvalue weighted by molar-refractivity contribution is 0.0519. The first kappa shape index (κ1) is 12.9. The smallest absolute Gasteiger partial charge is 0.355 e. The third-order valence-electron chi connectivity index (χ3n) is 2.20. The van der Waals surface area contributed by atoms with Crippen molar-refractivity contribution in [1.82, 2.24) is 4.98 Å². The second kappa shape index (κ2) is 5.76. The molecular weight excluding hydrogens is 270 g/mol. The van der Waals surface area contributed by atoms with E-state index in [-0.39, 0.29) is 5.97 Å². The third-order valence-corrected chi connectivity index (χ3v) is 2.48. The van der Waals surface area contributed by atoms with Gasteiger partial charge in [-0.25, -0.2) is 4.79 Å². The lowest BCUT2D eigenvalue weighted by Crippen LogP contribution is -2.06. The average molecular weight is 284 g/mol. The fourth-order valence-corrected chi connectivity index (χ4v) is 1.61. The molecule has 1 aromatic rings. The SMILES string of the molecule is CCOC(=O)c1[nH]c(C)c(C#CCBr)c1C. The van der Waals surface area contributed by atoms with E-state index in [1.165, 1.54) is 0 Å². The van der Waals surface area contributed by atoms with Crippen LogP contribution in [0, 0.1) is 25.7 Å². The zero-order valence-electron chi connectivity index (χ0n) is 9.61. The zero-order valence-corrected chi connectivity index (χ0v) is 11.2. The molecule has 1 aromatic heterocycles. The molecular formula is C12H14BrNO2. The van der Waals surface area contributed by atoms with Crippen molar-refractivity contribution < 1.29 is 9.53 Å². The second-order valence-electron chi connectivity index (χ2n) is 3.28. The van der Waals surface area contributed by atoms with E-state index in [4.69, 9.17) is 4.74 Å². The molecule has 0 aromatic carbocycles. The Morgan fingerprint density at radius 1 is 1.50 bits per heavy atom. The van der Waals surface area contributed by atoms with Crippen LogP contribution in [0.3, 0.4) is 0 Å². The molecule has 0 radical (unpaired) electrons. The van der Waals surface area contributed by atoms with Gasteiger partial charge in [0.2, 0.25) is 0 Å². The second-order valence-corrected chi connectivity index (χ2v) is 3.84. The Morgan fingerprint density at radius 3 is 2.75 bits per heavy atom. The van der Waals surface area contributed by atoms with Crippen molar-refractivity contribution in [2.24, 2.45) is 0 Å². The maximum absolute atomic E-state index is 11.6. The molecule has 0 aliphatic heterocycles. The summed E-state index contributed by atoms with van der Waals surface area (Å²) in [6.45, 7) is 5.93. The van der Waals surface area contributed by atoms with Crippen molar-refractivity contribution in [3.63, 3.8) is 0 Å². The van der Waals surface area contributed by atoms with E-state index in [1.54, 1.807) is 6.92 Å². The number of rotatable bonds is 2. The van der Waals surface area contributed by atoms with Crippen LogP contribution in [0.2, 0.25) is 0 Å². The van der Waals surface area contributed by atoms with E-state index in [1.807, 2.05) is 13.8 Å². The van der Waals surface area contributed by atoms with Gasteiger partial charge < -0.3 is 9.72 Å². The summed E-state index contributed by atoms with van der Waals surface area (Å²) in [4.78, 5) is 14.6. The minimum absolute atomic E-state index is 0.324. The van der Waals surface area contributed by atoms with E-state index in [2.05, 4.69) is 32.8 Å². The molecule has 0 amide bonds. The highest BCUT2D eigenvalue weighted by atomic mass is 79.9. The van der Waals surface area contributed by atoms with Crippen molar-refractivity contribution in [3.05, 3.63) is 22.5 Å². The third kappa shape index (κ3) is 2.67. The molecule has 0 aliphatic carbocycles. The molecule has 0 aliphatic rings. The zero-order chi connectivity index (χ0) is 12.1. The van der Waals surface area contributed by atoms with Crippen LogP contribution < -0.4 is 0 Å². The normalized spacial score (nSPS) is 9.50. The number of hydrogen-bond donors (Lipinski definition) is 1. The minimum Gasteiger partial charge on any atom is -0.461 e. The van der Waals surface area contributed by atoms with Gasteiger partial charge in [-0.2, -0.15) is 0 Å². The number of halogens is 1. The molecule has 0 spiro atoms. The van der Waals surface area contributed by atoms with Gasteiger partial charge in [0, 0.05) is 11.3 Å². The molecule has 1 rings (SSSR count). The quantitative estimate of drug-likeness (QED) is 0.515. The molecule has 0 saturated carbocycles. The monoisotopic (exact) mass is 283 g/mol. The number of esters is 1. The molecule has 4 heteroatoms. The van der Waals surface area contributed by atoms with Crippen LogP contribution in [0.4, 0.5) is 0 Å². The van der Waals surface area contributed by atoms with Gasteiger partial charge in [0.05, 0.1) is 11.9 Å². The van der Waals surface area contributed by atoms with Gasteiger partial charge in [-0.05, 0) is 26.3 Å². The maximum atomic E-state index is 11.6. The Kier molecular flexibility index (Phi) is 4.63. The number of H-pyrrole nitrogens is 1. The Labute approximate surface area is 104 Å². The predicted octanol–water partition coefficient (Wildman–Crippen LogP) is 2.55. The molecule has 0 unspecified atom stereocenters. The van der Waals surface area contributed by atoms with Crippen molar-refractivity contribution in [2.45, 2.75) is 20.8 Å². The number of carbonyl (C=O) groups excluding carboxylic acids is 1. The molecule has 3 nitrogen and oxygen atoms in total. The number of aromatic amines is 1. The van der Waals surface area contributed by atoms with Crippen molar-refractivity contribution in [1.29, 1.82) is 0 Å². The first-order valence-corrected chi connectivity index (χ1v) is 6.15. The maximum Gasteiger partial charge on any atom is 0.355 e. The highest BCUT2D eigenvalue weighted by molar-refractivity contribution is 9.09. The van der Waals surface area contributed by atoms with Crippen molar-refractivity contribution >= 4 is 21.9 Å². The van der Waals surface area contributed by atoms with Gasteiger partial charge in [0.25, 0.3) is 0 Å². The Balaban J connectivity index is 3.11. The number of ether oxygens (including phenoxy) is 1. The van der Waals surface area contributed by atoms with Crippen LogP contribution in [0.5, 0.6) is 0 Å². The molecule has 16 heavy (non-hydrogen) atoms. The summed E-state index contributed by atoms with van der Waals surface area (Å²) in [5.74, 6) is 5.61. The molecule has 86 valence electrons. The highest BCUT2D eigenvalue weighted by Crippen LogP contribution is 2.17. The number of hydrogen-bond acceptors (Lipinski definition) is 2. The van der Waals surface area contributed by atoms with Crippen LogP contribution in [0.15, 0.2) is 0 Å². The minimum atomic E-state index is -0.324. The molecule has 0 atom stereocenters. The molecule has 1 heterocycles. The molecule has 0 saturated heterocycles. The van der Waals surface area contributed by atoms with E-state index < -0.39 is 0 Å². The standard InChI is InChI=1S/C12H14BrNO2/c1-4-16-12(15)11-8(2)10(6-5-7-13)9(3)14-11/h14H,4,7H2,1-3H3. The van der Waals surface area contributed by atoms with Crippen LogP contribution in [-0.4, -0.2) is 22.9 Å².